The van der Waals surface area contributed by atoms with Crippen LogP contribution in [0.1, 0.15) is 6.42 Å². The smallest absolute Gasteiger partial charge is 0.251 e. The standard InChI is InChI=1S/C18H18ClN3O3S/c1-26(24,25)15-6-4-14(5-7-15)21-18(23)13-8-11-22(12-9-13)17-16(19)3-2-10-20-17/h2-8,10H,9,11-12H2,1H3,(H,21,23). The highest BCUT2D eigenvalue weighted by Gasteiger charge is 2.19. The maximum atomic E-state index is 12.4. The molecule has 0 saturated carbocycles. The van der Waals surface area contributed by atoms with E-state index >= 15 is 0 Å². The second kappa shape index (κ2) is 7.47. The number of nitrogens with one attached hydrogen (secondary N) is 1. The van der Waals surface area contributed by atoms with E-state index in [0.29, 0.717) is 41.6 Å². The number of benzene rings is 1. The Bertz CT molecular complexity index is 956. The predicted octanol–water partition coefficient (Wildman–Crippen LogP) is 2.91. The van der Waals surface area contributed by atoms with Crippen molar-refractivity contribution in [2.24, 2.45) is 0 Å². The van der Waals surface area contributed by atoms with Gasteiger partial charge in [-0.3, -0.25) is 4.79 Å². The summed E-state index contributed by atoms with van der Waals surface area (Å²) < 4.78 is 22.9. The highest BCUT2D eigenvalue weighted by Crippen LogP contribution is 2.25. The number of carbonyl (C=O) groups excluding carboxylic acids is 1. The Morgan fingerprint density at radius 2 is 1.96 bits per heavy atom. The zero-order valence-corrected chi connectivity index (χ0v) is 15.7. The third-order valence-electron chi connectivity index (χ3n) is 4.08. The first-order valence-electron chi connectivity index (χ1n) is 8.00. The van der Waals surface area contributed by atoms with Crippen molar-refractivity contribution in [2.75, 3.05) is 29.6 Å². The normalized spacial score (nSPS) is 14.7. The van der Waals surface area contributed by atoms with E-state index in [1.807, 2.05) is 11.0 Å². The third-order valence-corrected chi connectivity index (χ3v) is 5.50. The van der Waals surface area contributed by atoms with Crippen molar-refractivity contribution in [3.05, 3.63) is 59.3 Å². The van der Waals surface area contributed by atoms with Crippen LogP contribution in [-0.4, -0.2) is 38.7 Å². The molecule has 2 heterocycles. The molecule has 1 aromatic carbocycles. The molecule has 0 unspecified atom stereocenters. The monoisotopic (exact) mass is 391 g/mol. The van der Waals surface area contributed by atoms with Crippen LogP contribution >= 0.6 is 11.6 Å². The molecule has 0 bridgehead atoms. The summed E-state index contributed by atoms with van der Waals surface area (Å²) in [6.45, 7) is 1.19. The molecule has 0 spiro atoms. The summed E-state index contributed by atoms with van der Waals surface area (Å²) in [5.74, 6) is 0.519. The van der Waals surface area contributed by atoms with Crippen molar-refractivity contribution in [3.63, 3.8) is 0 Å². The summed E-state index contributed by atoms with van der Waals surface area (Å²) in [7, 11) is -3.25. The van der Waals surface area contributed by atoms with E-state index in [1.54, 1.807) is 30.5 Å². The van der Waals surface area contributed by atoms with Crippen LogP contribution in [0.15, 0.2) is 59.1 Å². The molecule has 1 aliphatic heterocycles. The van der Waals surface area contributed by atoms with Crippen molar-refractivity contribution in [3.8, 4) is 0 Å². The van der Waals surface area contributed by atoms with Gasteiger partial charge >= 0.3 is 0 Å². The summed E-state index contributed by atoms with van der Waals surface area (Å²) in [6.07, 6.45) is 5.26. The van der Waals surface area contributed by atoms with Crippen LogP contribution in [0.2, 0.25) is 5.02 Å². The molecular weight excluding hydrogens is 374 g/mol. The Kier molecular flexibility index (Phi) is 5.29. The number of halogens is 1. The number of carbonyl (C=O) groups is 1. The van der Waals surface area contributed by atoms with E-state index in [-0.39, 0.29) is 10.8 Å². The van der Waals surface area contributed by atoms with E-state index in [4.69, 9.17) is 11.6 Å². The fourth-order valence-electron chi connectivity index (χ4n) is 2.67. The summed E-state index contributed by atoms with van der Waals surface area (Å²) in [5.41, 5.74) is 1.24. The molecule has 0 saturated heterocycles. The number of amides is 1. The minimum absolute atomic E-state index is 0.191. The number of anilines is 2. The first-order valence-corrected chi connectivity index (χ1v) is 10.3. The topological polar surface area (TPSA) is 79.4 Å². The third kappa shape index (κ3) is 4.23. The van der Waals surface area contributed by atoms with E-state index in [1.165, 1.54) is 12.1 Å². The molecule has 6 nitrogen and oxygen atoms in total. The number of rotatable bonds is 4. The molecule has 8 heteroatoms. The Morgan fingerprint density at radius 3 is 2.54 bits per heavy atom. The van der Waals surface area contributed by atoms with Crippen LogP contribution < -0.4 is 10.2 Å². The SMILES string of the molecule is CS(=O)(=O)c1ccc(NC(=O)C2=CCN(c3ncccc3Cl)CC2)cc1. The Hall–Kier alpha value is -2.38. The van der Waals surface area contributed by atoms with Gasteiger partial charge in [-0.05, 0) is 42.8 Å². The van der Waals surface area contributed by atoms with Gasteiger partial charge in [0.25, 0.3) is 5.91 Å². The fraction of sp³-hybridized carbons (Fsp3) is 0.222. The highest BCUT2D eigenvalue weighted by atomic mass is 35.5. The maximum Gasteiger partial charge on any atom is 0.251 e. The van der Waals surface area contributed by atoms with Crippen LogP contribution in [0.3, 0.4) is 0 Å². The molecule has 0 fully saturated rings. The lowest BCUT2D eigenvalue weighted by molar-refractivity contribution is -0.113. The second-order valence-electron chi connectivity index (χ2n) is 5.98. The van der Waals surface area contributed by atoms with Crippen molar-refractivity contribution >= 4 is 38.9 Å². The van der Waals surface area contributed by atoms with Gasteiger partial charge in [0.15, 0.2) is 9.84 Å². The molecule has 1 aromatic heterocycles. The van der Waals surface area contributed by atoms with Crippen molar-refractivity contribution in [1.82, 2.24) is 4.98 Å². The minimum atomic E-state index is -3.25. The van der Waals surface area contributed by atoms with Gasteiger partial charge in [0.05, 0.1) is 9.92 Å². The lowest BCUT2D eigenvalue weighted by atomic mass is 10.1. The quantitative estimate of drug-likeness (QED) is 0.866. The number of hydrogen-bond acceptors (Lipinski definition) is 5. The number of pyridine rings is 1. The summed E-state index contributed by atoms with van der Waals surface area (Å²) in [5, 5.41) is 3.38. The lowest BCUT2D eigenvalue weighted by Crippen LogP contribution is -2.32. The lowest BCUT2D eigenvalue weighted by Gasteiger charge is -2.27. The van der Waals surface area contributed by atoms with Gasteiger partial charge in [-0.1, -0.05) is 17.7 Å². The van der Waals surface area contributed by atoms with Gasteiger partial charge < -0.3 is 10.2 Å². The summed E-state index contributed by atoms with van der Waals surface area (Å²) in [4.78, 5) is 18.9. The van der Waals surface area contributed by atoms with E-state index < -0.39 is 9.84 Å². The van der Waals surface area contributed by atoms with Crippen LogP contribution in [0.5, 0.6) is 0 Å². The molecule has 1 amide bonds. The highest BCUT2D eigenvalue weighted by molar-refractivity contribution is 7.90. The molecule has 3 rings (SSSR count). The predicted molar refractivity (Wildman–Crippen MR) is 102 cm³/mol. The minimum Gasteiger partial charge on any atom is -0.351 e. The van der Waals surface area contributed by atoms with Crippen LogP contribution in [0.25, 0.3) is 0 Å². The second-order valence-corrected chi connectivity index (χ2v) is 8.41. The maximum absolute atomic E-state index is 12.4. The van der Waals surface area contributed by atoms with Crippen LogP contribution in [-0.2, 0) is 14.6 Å². The first-order chi connectivity index (χ1) is 12.3. The zero-order valence-electron chi connectivity index (χ0n) is 14.1. The number of nitrogens with zero attached hydrogens (tertiary/aromatic N) is 2. The van der Waals surface area contributed by atoms with Crippen molar-refractivity contribution in [2.45, 2.75) is 11.3 Å². The number of hydrogen-bond donors (Lipinski definition) is 1. The van der Waals surface area contributed by atoms with E-state index in [0.717, 1.165) is 6.26 Å². The summed E-state index contributed by atoms with van der Waals surface area (Å²) >= 11 is 6.16. The molecule has 1 aliphatic rings. The van der Waals surface area contributed by atoms with Crippen molar-refractivity contribution < 1.29 is 13.2 Å². The molecule has 136 valence electrons. The average molecular weight is 392 g/mol. The van der Waals surface area contributed by atoms with Gasteiger partial charge in [0.2, 0.25) is 0 Å². The van der Waals surface area contributed by atoms with Gasteiger partial charge in [-0.25, -0.2) is 13.4 Å². The molecular formula is C18H18ClN3O3S. The molecule has 0 atom stereocenters. The average Bonchev–Trinajstić information content (AvgIpc) is 2.62. The van der Waals surface area contributed by atoms with E-state index in [9.17, 15) is 13.2 Å². The van der Waals surface area contributed by atoms with Gasteiger partial charge in [-0.15, -0.1) is 0 Å². The molecule has 1 N–H and O–H groups in total. The largest absolute Gasteiger partial charge is 0.351 e. The molecule has 2 aromatic rings. The van der Waals surface area contributed by atoms with Gasteiger partial charge in [-0.2, -0.15) is 0 Å². The Morgan fingerprint density at radius 1 is 1.23 bits per heavy atom. The first kappa shape index (κ1) is 18.4. The summed E-state index contributed by atoms with van der Waals surface area (Å²) in [6, 6.07) is 9.68. The Balaban J connectivity index is 1.65. The van der Waals surface area contributed by atoms with Crippen molar-refractivity contribution in [1.29, 1.82) is 0 Å². The number of aromatic nitrogens is 1. The Labute approximate surface area is 157 Å². The van der Waals surface area contributed by atoms with Gasteiger partial charge in [0.1, 0.15) is 5.82 Å². The van der Waals surface area contributed by atoms with Crippen LogP contribution in [0.4, 0.5) is 11.5 Å². The zero-order chi connectivity index (χ0) is 18.7. The van der Waals surface area contributed by atoms with Gasteiger partial charge in [0, 0.05) is 36.8 Å². The van der Waals surface area contributed by atoms with E-state index in [2.05, 4.69) is 10.3 Å². The molecule has 26 heavy (non-hydrogen) atoms. The number of sulfone groups is 1. The fourth-order valence-corrected chi connectivity index (χ4v) is 3.55. The molecule has 0 aliphatic carbocycles. The van der Waals surface area contributed by atoms with Crippen LogP contribution in [0, 0.1) is 0 Å². The molecule has 0 radical (unpaired) electrons.